The number of alkyl carbamates (subject to hydrolysis) is 2. The Balaban J connectivity index is 1.77. The Morgan fingerprint density at radius 3 is 1.82 bits per heavy atom. The highest BCUT2D eigenvalue weighted by Crippen LogP contribution is 2.13. The molecule has 0 spiro atoms. The molecule has 2 rings (SSSR count). The van der Waals surface area contributed by atoms with Crippen LogP contribution in [0.5, 0.6) is 0 Å². The van der Waals surface area contributed by atoms with E-state index in [2.05, 4.69) is 21.9 Å². The summed E-state index contributed by atoms with van der Waals surface area (Å²) in [6.07, 6.45) is -1.89. The fraction of sp³-hybridized carbons (Fsp3) is 0.333. The van der Waals surface area contributed by atoms with Crippen molar-refractivity contribution in [1.29, 1.82) is 0 Å². The molecule has 2 unspecified atom stereocenters. The molecule has 0 fully saturated rings. The zero-order valence-electron chi connectivity index (χ0n) is 24.3. The van der Waals surface area contributed by atoms with E-state index in [1.807, 2.05) is 0 Å². The van der Waals surface area contributed by atoms with E-state index in [-0.39, 0.29) is 57.1 Å². The van der Waals surface area contributed by atoms with E-state index in [4.69, 9.17) is 23.7 Å². The van der Waals surface area contributed by atoms with Crippen molar-refractivity contribution >= 4 is 36.6 Å². The number of benzene rings is 2. The second-order valence-electron chi connectivity index (χ2n) is 9.04. The average molecular weight is 615 g/mol. The minimum atomic E-state index is -0.829. The SMILES string of the molecule is C=CC(=O)OCCOC(=O)c1ccccc1C(=O)OCC(C)OC(=O)NCc1cccc(CNC(=O)OC(C)COC=O)c1. The first-order valence-electron chi connectivity index (χ1n) is 13.4. The second kappa shape index (κ2) is 18.9. The highest BCUT2D eigenvalue weighted by atomic mass is 16.6. The van der Waals surface area contributed by atoms with Crippen LogP contribution in [0, 0.1) is 0 Å². The Morgan fingerprint density at radius 2 is 1.27 bits per heavy atom. The van der Waals surface area contributed by atoms with E-state index in [1.54, 1.807) is 31.2 Å². The molecule has 14 nitrogen and oxygen atoms in total. The molecular weight excluding hydrogens is 580 g/mol. The summed E-state index contributed by atoms with van der Waals surface area (Å²) in [4.78, 5) is 70.5. The van der Waals surface area contributed by atoms with Crippen LogP contribution in [-0.2, 0) is 51.1 Å². The third kappa shape index (κ3) is 13.1. The Kier molecular flexibility index (Phi) is 15.0. The van der Waals surface area contributed by atoms with Gasteiger partial charge in [-0.1, -0.05) is 43.0 Å². The lowest BCUT2D eigenvalue weighted by molar-refractivity contribution is -0.138. The molecule has 0 bridgehead atoms. The Bertz CT molecular complexity index is 1310. The van der Waals surface area contributed by atoms with E-state index in [9.17, 15) is 28.8 Å². The van der Waals surface area contributed by atoms with Crippen LogP contribution in [0.1, 0.15) is 45.7 Å². The van der Waals surface area contributed by atoms with Crippen molar-refractivity contribution in [2.45, 2.75) is 39.1 Å². The van der Waals surface area contributed by atoms with Gasteiger partial charge < -0.3 is 39.1 Å². The van der Waals surface area contributed by atoms with E-state index < -0.39 is 42.3 Å². The van der Waals surface area contributed by atoms with Gasteiger partial charge in [0, 0.05) is 19.2 Å². The van der Waals surface area contributed by atoms with Crippen molar-refractivity contribution in [3.05, 3.63) is 83.4 Å². The quantitative estimate of drug-likeness (QED) is 0.0875. The lowest BCUT2D eigenvalue weighted by Gasteiger charge is -2.15. The number of rotatable bonds is 17. The van der Waals surface area contributed by atoms with Gasteiger partial charge in [0.2, 0.25) is 0 Å². The molecule has 236 valence electrons. The molecule has 0 aliphatic heterocycles. The molecule has 2 aromatic carbocycles. The number of esters is 3. The first kappa shape index (κ1) is 34.8. The standard InChI is InChI=1S/C30H34N2O12/c1-4-26(34)40-12-13-41-27(35)24-10-5-6-11-25(24)28(36)42-18-21(3)44-30(38)32-16-23-9-7-8-22(14-23)15-31-29(37)43-20(2)17-39-19-33/h4-11,14,19-21H,1,12-13,15-18H2,2-3H3,(H,31,37)(H,32,38). The number of carbonyl (C=O) groups is 6. The summed E-state index contributed by atoms with van der Waals surface area (Å²) in [6.45, 7) is 6.15. The van der Waals surface area contributed by atoms with E-state index in [1.165, 1.54) is 31.2 Å². The predicted octanol–water partition coefficient (Wildman–Crippen LogP) is 2.83. The van der Waals surface area contributed by atoms with Crippen molar-refractivity contribution in [2.75, 3.05) is 26.4 Å². The molecule has 14 heteroatoms. The average Bonchev–Trinajstić information content (AvgIpc) is 3.02. The highest BCUT2D eigenvalue weighted by molar-refractivity contribution is 6.03. The summed E-state index contributed by atoms with van der Waals surface area (Å²) in [7, 11) is 0. The molecule has 0 heterocycles. The number of hydrogen-bond acceptors (Lipinski definition) is 12. The van der Waals surface area contributed by atoms with Crippen LogP contribution >= 0.6 is 0 Å². The fourth-order valence-electron chi connectivity index (χ4n) is 3.41. The Hall–Kier alpha value is -5.40. The molecule has 0 radical (unpaired) electrons. The largest absolute Gasteiger partial charge is 0.464 e. The molecule has 2 atom stereocenters. The molecule has 0 aliphatic rings. The predicted molar refractivity (Wildman–Crippen MR) is 152 cm³/mol. The van der Waals surface area contributed by atoms with Gasteiger partial charge in [0.1, 0.15) is 38.6 Å². The van der Waals surface area contributed by atoms with E-state index in [0.29, 0.717) is 0 Å². The maximum Gasteiger partial charge on any atom is 0.407 e. The van der Waals surface area contributed by atoms with Crippen molar-refractivity contribution < 1.29 is 57.2 Å². The lowest BCUT2D eigenvalue weighted by atomic mass is 10.1. The molecular formula is C30H34N2O12. The van der Waals surface area contributed by atoms with Gasteiger partial charge in [-0.3, -0.25) is 4.79 Å². The minimum Gasteiger partial charge on any atom is -0.464 e. The van der Waals surface area contributed by atoms with Gasteiger partial charge in [-0.25, -0.2) is 24.0 Å². The van der Waals surface area contributed by atoms with E-state index in [0.717, 1.165) is 17.2 Å². The van der Waals surface area contributed by atoms with Crippen LogP contribution in [0.15, 0.2) is 61.2 Å². The third-order valence-electron chi connectivity index (χ3n) is 5.42. The summed E-state index contributed by atoms with van der Waals surface area (Å²) in [5.41, 5.74) is 1.36. The van der Waals surface area contributed by atoms with Gasteiger partial charge in [0.15, 0.2) is 0 Å². The fourth-order valence-corrected chi connectivity index (χ4v) is 3.41. The smallest absolute Gasteiger partial charge is 0.407 e. The minimum absolute atomic E-state index is 0.0491. The van der Waals surface area contributed by atoms with Gasteiger partial charge >= 0.3 is 30.1 Å². The molecule has 0 saturated carbocycles. The van der Waals surface area contributed by atoms with Gasteiger partial charge in [-0.15, -0.1) is 0 Å². The molecule has 2 N–H and O–H groups in total. The van der Waals surface area contributed by atoms with Crippen LogP contribution in [0.25, 0.3) is 0 Å². The van der Waals surface area contributed by atoms with Gasteiger partial charge in [0.05, 0.1) is 11.1 Å². The van der Waals surface area contributed by atoms with Gasteiger partial charge in [0.25, 0.3) is 6.47 Å². The summed E-state index contributed by atoms with van der Waals surface area (Å²) in [5.74, 6) is -2.31. The van der Waals surface area contributed by atoms with Crippen molar-refractivity contribution in [3.8, 4) is 0 Å². The highest BCUT2D eigenvalue weighted by Gasteiger charge is 2.20. The number of nitrogens with one attached hydrogen (secondary N) is 2. The summed E-state index contributed by atoms with van der Waals surface area (Å²) in [5, 5.41) is 5.17. The van der Waals surface area contributed by atoms with Crippen molar-refractivity contribution in [3.63, 3.8) is 0 Å². The molecule has 0 aliphatic carbocycles. The van der Waals surface area contributed by atoms with Gasteiger partial charge in [-0.2, -0.15) is 0 Å². The second-order valence-corrected chi connectivity index (χ2v) is 9.04. The first-order valence-corrected chi connectivity index (χ1v) is 13.4. The van der Waals surface area contributed by atoms with Crippen LogP contribution in [0.3, 0.4) is 0 Å². The van der Waals surface area contributed by atoms with Crippen LogP contribution in [0.2, 0.25) is 0 Å². The summed E-state index contributed by atoms with van der Waals surface area (Å²) in [6, 6.07) is 12.9. The monoisotopic (exact) mass is 614 g/mol. The normalized spacial score (nSPS) is 11.5. The van der Waals surface area contributed by atoms with Crippen LogP contribution < -0.4 is 10.6 Å². The van der Waals surface area contributed by atoms with Gasteiger partial charge in [-0.05, 0) is 37.1 Å². The molecule has 2 aromatic rings. The number of hydrogen-bond donors (Lipinski definition) is 2. The number of carbonyl (C=O) groups excluding carboxylic acids is 6. The molecule has 0 saturated heterocycles. The Morgan fingerprint density at radius 1 is 0.750 bits per heavy atom. The molecule has 0 aromatic heterocycles. The lowest BCUT2D eigenvalue weighted by Crippen LogP contribution is -2.30. The topological polar surface area (TPSA) is 182 Å². The van der Waals surface area contributed by atoms with Crippen LogP contribution in [-0.4, -0.2) is 75.2 Å². The summed E-state index contributed by atoms with van der Waals surface area (Å²) >= 11 is 0. The first-order chi connectivity index (χ1) is 21.1. The Labute approximate surface area is 253 Å². The molecule has 44 heavy (non-hydrogen) atoms. The number of ether oxygens (including phenoxy) is 6. The summed E-state index contributed by atoms with van der Waals surface area (Å²) < 4.78 is 29.8. The zero-order valence-corrected chi connectivity index (χ0v) is 24.3. The van der Waals surface area contributed by atoms with Crippen molar-refractivity contribution in [2.24, 2.45) is 0 Å². The van der Waals surface area contributed by atoms with Crippen molar-refractivity contribution in [1.82, 2.24) is 10.6 Å². The molecule has 2 amide bonds. The zero-order chi connectivity index (χ0) is 32.3. The maximum atomic E-state index is 12.6. The van der Waals surface area contributed by atoms with Crippen LogP contribution in [0.4, 0.5) is 9.59 Å². The number of amides is 2. The van der Waals surface area contributed by atoms with E-state index >= 15 is 0 Å². The third-order valence-corrected chi connectivity index (χ3v) is 5.42. The maximum absolute atomic E-state index is 12.6.